The third kappa shape index (κ3) is 2.03. The normalized spacial score (nSPS) is 17.0. The molecular weight excluding hydrogens is 252 g/mol. The van der Waals surface area contributed by atoms with E-state index in [1.54, 1.807) is 12.1 Å². The van der Waals surface area contributed by atoms with Crippen LogP contribution in [0.2, 0.25) is 5.02 Å². The molecule has 2 N–H and O–H groups in total. The minimum atomic E-state index is -1.14. The number of fused-ring (bicyclic) bond motifs is 1. The number of nitrogens with one attached hydrogen (secondary N) is 1. The summed E-state index contributed by atoms with van der Waals surface area (Å²) in [6, 6.07) is 3.35. The van der Waals surface area contributed by atoms with E-state index in [1.165, 1.54) is 0 Å². The van der Waals surface area contributed by atoms with Gasteiger partial charge >= 0.3 is 0 Å². The van der Waals surface area contributed by atoms with E-state index in [-0.39, 0.29) is 0 Å². The van der Waals surface area contributed by atoms with Gasteiger partial charge in [0.15, 0.2) is 6.10 Å². The Bertz CT molecular complexity index is 537. The van der Waals surface area contributed by atoms with Crippen molar-refractivity contribution < 1.29 is 9.90 Å². The third-order valence-electron chi connectivity index (χ3n) is 2.92. The first-order valence-corrected chi connectivity index (χ1v) is 5.97. The summed E-state index contributed by atoms with van der Waals surface area (Å²) in [5.74, 6) is 2.13. The molecule has 1 unspecified atom stereocenters. The van der Waals surface area contributed by atoms with Crippen LogP contribution in [0.25, 0.3) is 0 Å². The summed E-state index contributed by atoms with van der Waals surface area (Å²) in [6.45, 7) is 3.11. The highest BCUT2D eigenvalue weighted by Crippen LogP contribution is 2.38. The largest absolute Gasteiger partial charge is 0.378 e. The maximum absolute atomic E-state index is 11.4. The molecule has 0 radical (unpaired) electrons. The zero-order valence-corrected chi connectivity index (χ0v) is 10.7. The molecule has 94 valence electrons. The standard InChI is InChI=1S/C13H13ClN2O2/c1-3-5-16(4-2)11-7-10-8(6-9(11)14)12(17)13(18)15-10/h1,6-7,12,17H,4-5H2,2H3,(H,15,18). The summed E-state index contributed by atoms with van der Waals surface area (Å²) in [5.41, 5.74) is 1.85. The lowest BCUT2D eigenvalue weighted by Gasteiger charge is -2.22. The van der Waals surface area contributed by atoms with E-state index in [1.807, 2.05) is 11.8 Å². The first-order valence-electron chi connectivity index (χ1n) is 5.59. The zero-order valence-electron chi connectivity index (χ0n) is 9.90. The summed E-state index contributed by atoms with van der Waals surface area (Å²) in [5, 5.41) is 12.7. The Morgan fingerprint density at radius 1 is 1.61 bits per heavy atom. The van der Waals surface area contributed by atoms with Crippen LogP contribution in [0.3, 0.4) is 0 Å². The van der Waals surface area contributed by atoms with Crippen molar-refractivity contribution in [1.82, 2.24) is 0 Å². The van der Waals surface area contributed by atoms with Crippen molar-refractivity contribution in [2.24, 2.45) is 0 Å². The van der Waals surface area contributed by atoms with E-state index in [0.717, 1.165) is 5.69 Å². The number of anilines is 2. The lowest BCUT2D eigenvalue weighted by molar-refractivity contribution is -0.123. The second kappa shape index (κ2) is 4.89. The van der Waals surface area contributed by atoms with Gasteiger partial charge in [0.25, 0.3) is 5.91 Å². The maximum Gasteiger partial charge on any atom is 0.257 e. The second-order valence-corrected chi connectivity index (χ2v) is 4.41. The number of aliphatic hydroxyl groups is 1. The van der Waals surface area contributed by atoms with Gasteiger partial charge in [-0.3, -0.25) is 4.79 Å². The van der Waals surface area contributed by atoms with E-state index < -0.39 is 12.0 Å². The Kier molecular flexibility index (Phi) is 3.46. The Hall–Kier alpha value is -1.70. The molecule has 1 aromatic rings. The molecule has 2 rings (SSSR count). The number of aliphatic hydroxyl groups excluding tert-OH is 1. The van der Waals surface area contributed by atoms with Crippen LogP contribution in [0.4, 0.5) is 11.4 Å². The SMILES string of the molecule is C#CCN(CC)c1cc2c(cc1Cl)C(O)C(=O)N2. The summed E-state index contributed by atoms with van der Waals surface area (Å²) >= 11 is 6.17. The lowest BCUT2D eigenvalue weighted by Crippen LogP contribution is -2.23. The van der Waals surface area contributed by atoms with Crippen LogP contribution < -0.4 is 10.2 Å². The van der Waals surface area contributed by atoms with Crippen LogP contribution in [0, 0.1) is 12.3 Å². The number of carbonyl (C=O) groups is 1. The van der Waals surface area contributed by atoms with Crippen molar-refractivity contribution in [2.45, 2.75) is 13.0 Å². The molecule has 1 amide bonds. The summed E-state index contributed by atoms with van der Waals surface area (Å²) < 4.78 is 0. The van der Waals surface area contributed by atoms with E-state index in [9.17, 15) is 9.90 Å². The van der Waals surface area contributed by atoms with Crippen LogP contribution in [0.5, 0.6) is 0 Å². The van der Waals surface area contributed by atoms with Gasteiger partial charge in [0.2, 0.25) is 0 Å². The van der Waals surface area contributed by atoms with E-state index in [0.29, 0.717) is 29.4 Å². The molecule has 1 aliphatic rings. The molecule has 0 saturated carbocycles. The average Bonchev–Trinajstić information content (AvgIpc) is 2.62. The molecule has 0 aromatic heterocycles. The number of nitrogens with zero attached hydrogens (tertiary/aromatic N) is 1. The van der Waals surface area contributed by atoms with Gasteiger partial charge in [-0.25, -0.2) is 0 Å². The van der Waals surface area contributed by atoms with Crippen LogP contribution >= 0.6 is 11.6 Å². The van der Waals surface area contributed by atoms with Gasteiger partial charge in [-0.05, 0) is 19.1 Å². The first-order chi connectivity index (χ1) is 8.58. The molecule has 1 atom stereocenters. The average molecular weight is 265 g/mol. The van der Waals surface area contributed by atoms with Crippen LogP contribution in [-0.4, -0.2) is 24.1 Å². The van der Waals surface area contributed by atoms with E-state index in [2.05, 4.69) is 11.2 Å². The van der Waals surface area contributed by atoms with Crippen LogP contribution in [0.15, 0.2) is 12.1 Å². The fraction of sp³-hybridized carbons (Fsp3) is 0.308. The molecule has 4 nitrogen and oxygen atoms in total. The number of benzene rings is 1. The monoisotopic (exact) mass is 264 g/mol. The highest BCUT2D eigenvalue weighted by Gasteiger charge is 2.30. The number of rotatable bonds is 3. The molecule has 5 heteroatoms. The third-order valence-corrected chi connectivity index (χ3v) is 3.23. The Morgan fingerprint density at radius 2 is 2.33 bits per heavy atom. The number of terminal acetylenes is 1. The molecule has 0 spiro atoms. The number of hydrogen-bond donors (Lipinski definition) is 2. The predicted octanol–water partition coefficient (Wildman–Crippen LogP) is 1.78. The van der Waals surface area contributed by atoms with Crippen LogP contribution in [0.1, 0.15) is 18.6 Å². The molecule has 0 bridgehead atoms. The maximum atomic E-state index is 11.4. The molecule has 0 saturated heterocycles. The highest BCUT2D eigenvalue weighted by molar-refractivity contribution is 6.33. The molecule has 18 heavy (non-hydrogen) atoms. The molecule has 0 aliphatic carbocycles. The fourth-order valence-electron chi connectivity index (χ4n) is 1.97. The van der Waals surface area contributed by atoms with Gasteiger partial charge in [-0.15, -0.1) is 6.42 Å². The summed E-state index contributed by atoms with van der Waals surface area (Å²) in [6.07, 6.45) is 4.16. The van der Waals surface area contributed by atoms with Crippen molar-refractivity contribution in [3.05, 3.63) is 22.7 Å². The van der Waals surface area contributed by atoms with Gasteiger partial charge in [0.1, 0.15) is 0 Å². The molecule has 0 fully saturated rings. The Balaban J connectivity index is 2.44. The number of amides is 1. The van der Waals surface area contributed by atoms with Gasteiger partial charge < -0.3 is 15.3 Å². The summed E-state index contributed by atoms with van der Waals surface area (Å²) in [4.78, 5) is 13.3. The molecule has 1 aromatic carbocycles. The quantitative estimate of drug-likeness (QED) is 0.819. The minimum Gasteiger partial charge on any atom is -0.378 e. The lowest BCUT2D eigenvalue weighted by atomic mass is 10.1. The van der Waals surface area contributed by atoms with Gasteiger partial charge in [-0.1, -0.05) is 17.5 Å². The number of hydrogen-bond acceptors (Lipinski definition) is 3. The second-order valence-electron chi connectivity index (χ2n) is 4.00. The first kappa shape index (κ1) is 12.7. The van der Waals surface area contributed by atoms with Crippen molar-refractivity contribution in [1.29, 1.82) is 0 Å². The Labute approximate surface area is 111 Å². The minimum absolute atomic E-state index is 0.432. The van der Waals surface area contributed by atoms with E-state index >= 15 is 0 Å². The molecule has 1 aliphatic heterocycles. The van der Waals surface area contributed by atoms with Crippen molar-refractivity contribution in [3.63, 3.8) is 0 Å². The van der Waals surface area contributed by atoms with Gasteiger partial charge in [0, 0.05) is 17.8 Å². The molecule has 1 heterocycles. The number of carbonyl (C=O) groups excluding carboxylic acids is 1. The highest BCUT2D eigenvalue weighted by atomic mass is 35.5. The zero-order chi connectivity index (χ0) is 13.3. The summed E-state index contributed by atoms with van der Waals surface area (Å²) in [7, 11) is 0. The van der Waals surface area contributed by atoms with Crippen molar-refractivity contribution >= 4 is 28.9 Å². The topological polar surface area (TPSA) is 52.6 Å². The Morgan fingerprint density at radius 3 is 2.94 bits per heavy atom. The van der Waals surface area contributed by atoms with Crippen LogP contribution in [-0.2, 0) is 4.79 Å². The van der Waals surface area contributed by atoms with Crippen molar-refractivity contribution in [2.75, 3.05) is 23.3 Å². The number of halogens is 1. The molecular formula is C13H13ClN2O2. The predicted molar refractivity (Wildman–Crippen MR) is 71.8 cm³/mol. The van der Waals surface area contributed by atoms with Crippen molar-refractivity contribution in [3.8, 4) is 12.3 Å². The van der Waals surface area contributed by atoms with Gasteiger partial charge in [0.05, 0.1) is 17.3 Å². The fourth-order valence-corrected chi connectivity index (χ4v) is 2.27. The smallest absolute Gasteiger partial charge is 0.257 e. The van der Waals surface area contributed by atoms with E-state index in [4.69, 9.17) is 18.0 Å². The van der Waals surface area contributed by atoms with Gasteiger partial charge in [-0.2, -0.15) is 0 Å².